The van der Waals surface area contributed by atoms with E-state index in [0.717, 1.165) is 29.4 Å². The molecule has 0 spiro atoms. The lowest BCUT2D eigenvalue weighted by molar-refractivity contribution is -0.135. The molecule has 2 rings (SSSR count). The minimum absolute atomic E-state index is 0.0217. The number of benzene rings is 1. The Morgan fingerprint density at radius 1 is 1.45 bits per heavy atom. The summed E-state index contributed by atoms with van der Waals surface area (Å²) >= 11 is 3.43. The van der Waals surface area contributed by atoms with Crippen molar-refractivity contribution in [3.05, 3.63) is 28.2 Å². The summed E-state index contributed by atoms with van der Waals surface area (Å²) in [6, 6.07) is 5.68. The van der Waals surface area contributed by atoms with Crippen molar-refractivity contribution < 1.29 is 14.3 Å². The molecule has 1 unspecified atom stereocenters. The molecule has 120 valence electrons. The molecule has 1 aromatic rings. The predicted molar refractivity (Wildman–Crippen MR) is 87.8 cm³/mol. The summed E-state index contributed by atoms with van der Waals surface area (Å²) < 4.78 is 6.59. The minimum atomic E-state index is -0.0547. The average molecular weight is 369 g/mol. The number of piperidine rings is 1. The number of halogens is 1. The molecule has 6 heteroatoms. The molecule has 1 aliphatic rings. The molecule has 1 saturated heterocycles. The Bertz CT molecular complexity index is 562. The molecule has 1 aliphatic heterocycles. The second-order valence-electron chi connectivity index (χ2n) is 5.58. The lowest BCUT2D eigenvalue weighted by atomic mass is 10.1. The molecule has 0 aromatic heterocycles. The highest BCUT2D eigenvalue weighted by Gasteiger charge is 2.24. The van der Waals surface area contributed by atoms with Gasteiger partial charge in [-0.05, 0) is 43.5 Å². The lowest BCUT2D eigenvalue weighted by Crippen LogP contribution is -2.50. The first-order valence-corrected chi connectivity index (χ1v) is 8.19. The summed E-state index contributed by atoms with van der Waals surface area (Å²) in [6.45, 7) is 4.77. The van der Waals surface area contributed by atoms with E-state index in [1.807, 2.05) is 25.1 Å². The van der Waals surface area contributed by atoms with Crippen molar-refractivity contribution in [2.45, 2.75) is 32.7 Å². The molecule has 5 nitrogen and oxygen atoms in total. The van der Waals surface area contributed by atoms with Crippen LogP contribution in [-0.2, 0) is 9.59 Å². The van der Waals surface area contributed by atoms with Crippen LogP contribution in [0.5, 0.6) is 5.75 Å². The predicted octanol–water partition coefficient (Wildman–Crippen LogP) is 2.26. The summed E-state index contributed by atoms with van der Waals surface area (Å²) in [5, 5.41) is 2.88. The number of aryl methyl sites for hydroxylation is 1. The Balaban J connectivity index is 1.86. The van der Waals surface area contributed by atoms with Gasteiger partial charge in [0.2, 0.25) is 5.91 Å². The lowest BCUT2D eigenvalue weighted by Gasteiger charge is -2.32. The quantitative estimate of drug-likeness (QED) is 0.886. The van der Waals surface area contributed by atoms with Crippen molar-refractivity contribution in [2.75, 3.05) is 19.7 Å². The van der Waals surface area contributed by atoms with E-state index in [0.29, 0.717) is 12.3 Å². The van der Waals surface area contributed by atoms with Crippen LogP contribution in [0.4, 0.5) is 0 Å². The third-order valence-corrected chi connectivity index (χ3v) is 4.56. The third-order valence-electron chi connectivity index (χ3n) is 3.67. The van der Waals surface area contributed by atoms with Crippen LogP contribution in [-0.4, -0.2) is 42.5 Å². The van der Waals surface area contributed by atoms with Gasteiger partial charge >= 0.3 is 0 Å². The topological polar surface area (TPSA) is 58.6 Å². The highest BCUT2D eigenvalue weighted by Crippen LogP contribution is 2.21. The number of carbonyl (C=O) groups is 2. The second-order valence-corrected chi connectivity index (χ2v) is 6.43. The highest BCUT2D eigenvalue weighted by molar-refractivity contribution is 9.10. The van der Waals surface area contributed by atoms with Crippen molar-refractivity contribution in [1.29, 1.82) is 0 Å². The van der Waals surface area contributed by atoms with Crippen LogP contribution in [0.3, 0.4) is 0 Å². The molecule has 2 amide bonds. The monoisotopic (exact) mass is 368 g/mol. The summed E-state index contributed by atoms with van der Waals surface area (Å²) in [5.74, 6) is 0.584. The number of amides is 2. The molecule has 1 atom stereocenters. The van der Waals surface area contributed by atoms with Crippen LogP contribution < -0.4 is 10.1 Å². The molecular weight excluding hydrogens is 348 g/mol. The molecule has 22 heavy (non-hydrogen) atoms. The van der Waals surface area contributed by atoms with Crippen molar-refractivity contribution in [1.82, 2.24) is 10.2 Å². The van der Waals surface area contributed by atoms with Crippen molar-refractivity contribution in [3.63, 3.8) is 0 Å². The van der Waals surface area contributed by atoms with Crippen LogP contribution in [0.15, 0.2) is 22.7 Å². The number of carbonyl (C=O) groups excluding carboxylic acids is 2. The first kappa shape index (κ1) is 16.8. The van der Waals surface area contributed by atoms with E-state index in [4.69, 9.17) is 4.74 Å². The maximum absolute atomic E-state index is 12.2. The SMILES string of the molecule is CC(=O)NC1CCCN(C(=O)COc2ccc(Br)c(C)c2)C1. The van der Waals surface area contributed by atoms with Gasteiger partial charge in [-0.2, -0.15) is 0 Å². The molecule has 1 fully saturated rings. The highest BCUT2D eigenvalue weighted by atomic mass is 79.9. The fraction of sp³-hybridized carbons (Fsp3) is 0.500. The first-order chi connectivity index (χ1) is 10.5. The number of hydrogen-bond donors (Lipinski definition) is 1. The fourth-order valence-corrected chi connectivity index (χ4v) is 2.80. The van der Waals surface area contributed by atoms with Gasteiger partial charge in [0.1, 0.15) is 5.75 Å². The Morgan fingerprint density at radius 3 is 2.91 bits per heavy atom. The van der Waals surface area contributed by atoms with Gasteiger partial charge in [-0.25, -0.2) is 0 Å². The molecule has 1 N–H and O–H groups in total. The molecule has 0 saturated carbocycles. The van der Waals surface area contributed by atoms with Crippen LogP contribution in [0.25, 0.3) is 0 Å². The maximum Gasteiger partial charge on any atom is 0.260 e. The molecule has 1 aromatic carbocycles. The largest absolute Gasteiger partial charge is 0.484 e. The van der Waals surface area contributed by atoms with Gasteiger partial charge in [0, 0.05) is 30.5 Å². The van der Waals surface area contributed by atoms with Crippen LogP contribution in [0.2, 0.25) is 0 Å². The summed E-state index contributed by atoms with van der Waals surface area (Å²) in [4.78, 5) is 25.1. The number of nitrogens with one attached hydrogen (secondary N) is 1. The Hall–Kier alpha value is -1.56. The zero-order chi connectivity index (χ0) is 16.1. The second kappa shape index (κ2) is 7.63. The molecular formula is C16H21BrN2O3. The standard InChI is InChI=1S/C16H21BrN2O3/c1-11-8-14(5-6-15(11)17)22-10-16(21)19-7-3-4-13(9-19)18-12(2)20/h5-6,8,13H,3-4,7,9-10H2,1-2H3,(H,18,20). The van der Waals surface area contributed by atoms with Gasteiger partial charge in [-0.3, -0.25) is 9.59 Å². The normalized spacial score (nSPS) is 18.0. The Labute approximate surface area is 139 Å². The van der Waals surface area contributed by atoms with Crippen LogP contribution in [0, 0.1) is 6.92 Å². The number of nitrogens with zero attached hydrogens (tertiary/aromatic N) is 1. The Morgan fingerprint density at radius 2 is 2.23 bits per heavy atom. The number of likely N-dealkylation sites (tertiary alicyclic amines) is 1. The summed E-state index contributed by atoms with van der Waals surface area (Å²) in [5.41, 5.74) is 1.06. The van der Waals surface area contributed by atoms with Crippen molar-refractivity contribution >= 4 is 27.7 Å². The van der Waals surface area contributed by atoms with Gasteiger partial charge in [-0.15, -0.1) is 0 Å². The van der Waals surface area contributed by atoms with E-state index < -0.39 is 0 Å². The molecule has 0 bridgehead atoms. The molecule has 0 aliphatic carbocycles. The number of ether oxygens (including phenoxy) is 1. The van der Waals surface area contributed by atoms with E-state index in [-0.39, 0.29) is 24.5 Å². The van der Waals surface area contributed by atoms with Crippen LogP contribution >= 0.6 is 15.9 Å². The summed E-state index contributed by atoms with van der Waals surface area (Å²) in [6.07, 6.45) is 1.81. The van der Waals surface area contributed by atoms with E-state index in [9.17, 15) is 9.59 Å². The number of hydrogen-bond acceptors (Lipinski definition) is 3. The van der Waals surface area contributed by atoms with E-state index >= 15 is 0 Å². The van der Waals surface area contributed by atoms with E-state index in [2.05, 4.69) is 21.2 Å². The van der Waals surface area contributed by atoms with Gasteiger partial charge < -0.3 is 15.0 Å². The van der Waals surface area contributed by atoms with Crippen molar-refractivity contribution in [3.8, 4) is 5.75 Å². The minimum Gasteiger partial charge on any atom is -0.484 e. The third kappa shape index (κ3) is 4.73. The van der Waals surface area contributed by atoms with Gasteiger partial charge in [0.25, 0.3) is 5.91 Å². The Kier molecular flexibility index (Phi) is 5.83. The molecule has 1 heterocycles. The fourth-order valence-electron chi connectivity index (χ4n) is 2.55. The average Bonchev–Trinajstić information content (AvgIpc) is 2.48. The van der Waals surface area contributed by atoms with Crippen molar-refractivity contribution in [2.24, 2.45) is 0 Å². The summed E-state index contributed by atoms with van der Waals surface area (Å²) in [7, 11) is 0. The maximum atomic E-state index is 12.2. The first-order valence-electron chi connectivity index (χ1n) is 7.39. The van der Waals surface area contributed by atoms with Crippen LogP contribution in [0.1, 0.15) is 25.3 Å². The smallest absolute Gasteiger partial charge is 0.260 e. The zero-order valence-electron chi connectivity index (χ0n) is 12.9. The van der Waals surface area contributed by atoms with E-state index in [1.54, 1.807) is 4.90 Å². The zero-order valence-corrected chi connectivity index (χ0v) is 14.5. The van der Waals surface area contributed by atoms with E-state index in [1.165, 1.54) is 6.92 Å². The van der Waals surface area contributed by atoms with Gasteiger partial charge in [0.15, 0.2) is 6.61 Å². The number of rotatable bonds is 4. The van der Waals surface area contributed by atoms with Gasteiger partial charge in [0.05, 0.1) is 0 Å². The molecule has 0 radical (unpaired) electrons. The van der Waals surface area contributed by atoms with Gasteiger partial charge in [-0.1, -0.05) is 15.9 Å².